The first kappa shape index (κ1) is 13.1. The monoisotopic (exact) mass is 248 g/mol. The maximum Gasteiger partial charge on any atom is 0.307 e. The summed E-state index contributed by atoms with van der Waals surface area (Å²) in [5, 5.41) is 12.0. The first-order valence-electron chi connectivity index (χ1n) is 6.47. The van der Waals surface area contributed by atoms with E-state index in [2.05, 4.69) is 10.2 Å². The summed E-state index contributed by atoms with van der Waals surface area (Å²) in [6, 6.07) is 7.92. The van der Waals surface area contributed by atoms with Crippen LogP contribution in [0.4, 0.5) is 0 Å². The Kier molecular flexibility index (Phi) is 4.73. The molecule has 0 saturated carbocycles. The van der Waals surface area contributed by atoms with Crippen molar-refractivity contribution in [2.75, 3.05) is 32.7 Å². The van der Waals surface area contributed by atoms with Gasteiger partial charge in [-0.2, -0.15) is 0 Å². The van der Waals surface area contributed by atoms with E-state index in [-0.39, 0.29) is 6.42 Å². The van der Waals surface area contributed by atoms with Gasteiger partial charge in [-0.25, -0.2) is 0 Å². The number of hydrogen-bond acceptors (Lipinski definition) is 3. The van der Waals surface area contributed by atoms with Gasteiger partial charge in [0.1, 0.15) is 0 Å². The SMILES string of the molecule is O=C(O)Cc1ccc(CCN2CCNCC2)cc1. The Morgan fingerprint density at radius 3 is 2.39 bits per heavy atom. The summed E-state index contributed by atoms with van der Waals surface area (Å²) < 4.78 is 0. The molecule has 18 heavy (non-hydrogen) atoms. The van der Waals surface area contributed by atoms with Crippen molar-refractivity contribution < 1.29 is 9.90 Å². The highest BCUT2D eigenvalue weighted by molar-refractivity contribution is 5.70. The standard InChI is InChI=1S/C14H20N2O2/c17-14(18)11-13-3-1-12(2-4-13)5-8-16-9-6-15-7-10-16/h1-4,15H,5-11H2,(H,17,18). The molecule has 4 nitrogen and oxygen atoms in total. The molecule has 1 saturated heterocycles. The fourth-order valence-corrected chi connectivity index (χ4v) is 2.22. The maximum absolute atomic E-state index is 10.6. The fraction of sp³-hybridized carbons (Fsp3) is 0.500. The molecule has 1 heterocycles. The average molecular weight is 248 g/mol. The number of benzene rings is 1. The predicted octanol–water partition coefficient (Wildman–Crippen LogP) is 0.761. The second-order valence-electron chi connectivity index (χ2n) is 4.73. The minimum Gasteiger partial charge on any atom is -0.481 e. The van der Waals surface area contributed by atoms with Crippen molar-refractivity contribution in [1.82, 2.24) is 10.2 Å². The van der Waals surface area contributed by atoms with Gasteiger partial charge in [-0.05, 0) is 17.5 Å². The van der Waals surface area contributed by atoms with E-state index in [4.69, 9.17) is 5.11 Å². The van der Waals surface area contributed by atoms with Crippen LogP contribution in [0.15, 0.2) is 24.3 Å². The summed E-state index contributed by atoms with van der Waals surface area (Å²) in [6.45, 7) is 5.49. The first-order valence-corrected chi connectivity index (χ1v) is 6.47. The fourth-order valence-electron chi connectivity index (χ4n) is 2.22. The van der Waals surface area contributed by atoms with Gasteiger partial charge in [-0.1, -0.05) is 24.3 Å². The van der Waals surface area contributed by atoms with Crippen molar-refractivity contribution in [3.8, 4) is 0 Å². The molecule has 0 spiro atoms. The third-order valence-corrected chi connectivity index (χ3v) is 3.30. The van der Waals surface area contributed by atoms with Crippen LogP contribution in [0.3, 0.4) is 0 Å². The van der Waals surface area contributed by atoms with Crippen molar-refractivity contribution in [2.24, 2.45) is 0 Å². The third kappa shape index (κ3) is 4.13. The Bertz CT molecular complexity index is 383. The molecule has 1 aliphatic heterocycles. The molecule has 0 amide bonds. The third-order valence-electron chi connectivity index (χ3n) is 3.30. The lowest BCUT2D eigenvalue weighted by molar-refractivity contribution is -0.136. The number of carbonyl (C=O) groups is 1. The van der Waals surface area contributed by atoms with Crippen LogP contribution in [0.25, 0.3) is 0 Å². The Labute approximate surface area is 108 Å². The highest BCUT2D eigenvalue weighted by Crippen LogP contribution is 2.07. The molecule has 1 aromatic carbocycles. The van der Waals surface area contributed by atoms with Crippen molar-refractivity contribution >= 4 is 5.97 Å². The molecule has 4 heteroatoms. The largest absolute Gasteiger partial charge is 0.481 e. The molecule has 2 N–H and O–H groups in total. The van der Waals surface area contributed by atoms with Crippen LogP contribution >= 0.6 is 0 Å². The molecule has 0 unspecified atom stereocenters. The van der Waals surface area contributed by atoms with Crippen LogP contribution in [0, 0.1) is 0 Å². The molecule has 98 valence electrons. The molecule has 0 aromatic heterocycles. The zero-order valence-electron chi connectivity index (χ0n) is 10.6. The number of carboxylic acids is 1. The molecule has 0 aliphatic carbocycles. The van der Waals surface area contributed by atoms with Crippen LogP contribution in [0.5, 0.6) is 0 Å². The highest BCUT2D eigenvalue weighted by atomic mass is 16.4. The molecule has 0 atom stereocenters. The van der Waals surface area contributed by atoms with E-state index in [1.807, 2.05) is 24.3 Å². The molecule has 1 aromatic rings. The first-order chi connectivity index (χ1) is 8.74. The lowest BCUT2D eigenvalue weighted by atomic mass is 10.1. The van der Waals surface area contributed by atoms with E-state index in [1.165, 1.54) is 5.56 Å². The summed E-state index contributed by atoms with van der Waals surface area (Å²) in [4.78, 5) is 13.0. The quantitative estimate of drug-likeness (QED) is 0.808. The van der Waals surface area contributed by atoms with Crippen molar-refractivity contribution in [1.29, 1.82) is 0 Å². The van der Waals surface area contributed by atoms with Crippen LogP contribution in [0.1, 0.15) is 11.1 Å². The summed E-state index contributed by atoms with van der Waals surface area (Å²) in [5.74, 6) is -0.774. The normalized spacial score (nSPS) is 16.7. The topological polar surface area (TPSA) is 52.6 Å². The van der Waals surface area contributed by atoms with Crippen molar-refractivity contribution in [3.63, 3.8) is 0 Å². The molecule has 1 fully saturated rings. The van der Waals surface area contributed by atoms with Gasteiger partial charge in [0.05, 0.1) is 6.42 Å². The molecular formula is C14H20N2O2. The molecule has 0 radical (unpaired) electrons. The van der Waals surface area contributed by atoms with Gasteiger partial charge in [0.15, 0.2) is 0 Å². The van der Waals surface area contributed by atoms with Gasteiger partial charge in [-0.3, -0.25) is 4.79 Å². The van der Waals surface area contributed by atoms with Crippen LogP contribution in [0.2, 0.25) is 0 Å². The van der Waals surface area contributed by atoms with Gasteiger partial charge >= 0.3 is 5.97 Å². The number of carboxylic acid groups (broad SMARTS) is 1. The second-order valence-corrected chi connectivity index (χ2v) is 4.73. The minimum absolute atomic E-state index is 0.109. The van der Waals surface area contributed by atoms with Gasteiger partial charge in [-0.15, -0.1) is 0 Å². The zero-order chi connectivity index (χ0) is 12.8. The number of nitrogens with zero attached hydrogens (tertiary/aromatic N) is 1. The minimum atomic E-state index is -0.774. The molecule has 1 aliphatic rings. The van der Waals surface area contributed by atoms with Gasteiger partial charge < -0.3 is 15.3 Å². The zero-order valence-corrected chi connectivity index (χ0v) is 10.6. The van der Waals surface area contributed by atoms with E-state index >= 15 is 0 Å². The summed E-state index contributed by atoms with van der Waals surface area (Å²) >= 11 is 0. The summed E-state index contributed by atoms with van der Waals surface area (Å²) in [5.41, 5.74) is 2.15. The number of hydrogen-bond donors (Lipinski definition) is 2. The van der Waals surface area contributed by atoms with E-state index in [9.17, 15) is 4.79 Å². The summed E-state index contributed by atoms with van der Waals surface area (Å²) in [6.07, 6.45) is 1.14. The van der Waals surface area contributed by atoms with E-state index in [1.54, 1.807) is 0 Å². The van der Waals surface area contributed by atoms with E-state index < -0.39 is 5.97 Å². The Morgan fingerprint density at radius 2 is 1.78 bits per heavy atom. The number of aliphatic carboxylic acids is 1. The van der Waals surface area contributed by atoms with E-state index in [0.29, 0.717) is 0 Å². The van der Waals surface area contributed by atoms with Crippen LogP contribution in [-0.4, -0.2) is 48.7 Å². The lowest BCUT2D eigenvalue weighted by Crippen LogP contribution is -2.44. The van der Waals surface area contributed by atoms with Crippen molar-refractivity contribution in [2.45, 2.75) is 12.8 Å². The number of rotatable bonds is 5. The number of nitrogens with one attached hydrogen (secondary N) is 1. The van der Waals surface area contributed by atoms with Gasteiger partial charge in [0, 0.05) is 32.7 Å². The molecular weight excluding hydrogens is 228 g/mol. The van der Waals surface area contributed by atoms with Gasteiger partial charge in [0.2, 0.25) is 0 Å². The number of piperazine rings is 1. The van der Waals surface area contributed by atoms with E-state index in [0.717, 1.165) is 44.7 Å². The van der Waals surface area contributed by atoms with Gasteiger partial charge in [0.25, 0.3) is 0 Å². The Hall–Kier alpha value is -1.39. The Balaban J connectivity index is 1.80. The highest BCUT2D eigenvalue weighted by Gasteiger charge is 2.08. The lowest BCUT2D eigenvalue weighted by Gasteiger charge is -2.27. The van der Waals surface area contributed by atoms with Crippen LogP contribution in [-0.2, 0) is 17.6 Å². The second kappa shape index (κ2) is 6.52. The Morgan fingerprint density at radius 1 is 1.17 bits per heavy atom. The summed E-state index contributed by atoms with van der Waals surface area (Å²) in [7, 11) is 0. The van der Waals surface area contributed by atoms with Crippen molar-refractivity contribution in [3.05, 3.63) is 35.4 Å². The van der Waals surface area contributed by atoms with Crippen LogP contribution < -0.4 is 5.32 Å². The molecule has 2 rings (SSSR count). The average Bonchev–Trinajstić information content (AvgIpc) is 2.38. The predicted molar refractivity (Wildman–Crippen MR) is 70.8 cm³/mol. The maximum atomic E-state index is 10.6. The smallest absolute Gasteiger partial charge is 0.307 e. The molecule has 0 bridgehead atoms.